The lowest BCUT2D eigenvalue weighted by Gasteiger charge is -2.29. The summed E-state index contributed by atoms with van der Waals surface area (Å²) in [6, 6.07) is 18.4. The van der Waals surface area contributed by atoms with E-state index in [1.165, 1.54) is 5.56 Å². The van der Waals surface area contributed by atoms with Crippen molar-refractivity contribution in [1.29, 1.82) is 0 Å². The largest absolute Gasteiger partial charge is 0.352 e. The first-order valence-corrected chi connectivity index (χ1v) is 8.71. The molecule has 1 atom stereocenters. The number of benzene rings is 2. The zero-order valence-electron chi connectivity index (χ0n) is 15.1. The van der Waals surface area contributed by atoms with Crippen molar-refractivity contribution in [2.75, 3.05) is 0 Å². The van der Waals surface area contributed by atoms with Gasteiger partial charge in [0.2, 0.25) is 5.91 Å². The molecule has 1 N–H and O–H groups in total. The number of nitrogens with one attached hydrogen (secondary N) is 1. The Kier molecular flexibility index (Phi) is 4.88. The van der Waals surface area contributed by atoms with Crippen LogP contribution in [0.5, 0.6) is 0 Å². The van der Waals surface area contributed by atoms with Crippen LogP contribution in [0.2, 0.25) is 0 Å². The molecule has 25 heavy (non-hydrogen) atoms. The molecule has 0 aliphatic rings. The molecule has 0 spiro atoms. The summed E-state index contributed by atoms with van der Waals surface area (Å²) in [6.45, 7) is 6.73. The fraction of sp³-hybridized carbons (Fsp3) is 0.333. The van der Waals surface area contributed by atoms with E-state index in [-0.39, 0.29) is 23.9 Å². The van der Waals surface area contributed by atoms with Gasteiger partial charge in [-0.3, -0.25) is 9.48 Å². The van der Waals surface area contributed by atoms with Crippen molar-refractivity contribution in [3.05, 3.63) is 66.4 Å². The van der Waals surface area contributed by atoms with Crippen molar-refractivity contribution in [3.8, 4) is 0 Å². The first-order valence-electron chi connectivity index (χ1n) is 8.71. The van der Waals surface area contributed by atoms with E-state index in [9.17, 15) is 4.79 Å². The third-order valence-electron chi connectivity index (χ3n) is 4.55. The standard InChI is InChI=1S/C21H25N3O/c1-16(13-21(2,3)18-10-5-4-6-11-18)22-20(25)15-24-14-17-9-7-8-12-19(17)23-24/h4-12,14,16H,13,15H2,1-3H3,(H,22,25)/t16-/m0/s1. The highest BCUT2D eigenvalue weighted by Crippen LogP contribution is 2.28. The average Bonchev–Trinajstić information content (AvgIpc) is 2.96. The van der Waals surface area contributed by atoms with Crippen molar-refractivity contribution in [2.24, 2.45) is 0 Å². The van der Waals surface area contributed by atoms with E-state index in [0.717, 1.165) is 17.3 Å². The van der Waals surface area contributed by atoms with E-state index in [1.54, 1.807) is 4.68 Å². The van der Waals surface area contributed by atoms with Gasteiger partial charge >= 0.3 is 0 Å². The number of hydrogen-bond donors (Lipinski definition) is 1. The molecule has 0 radical (unpaired) electrons. The topological polar surface area (TPSA) is 46.9 Å². The van der Waals surface area contributed by atoms with Crippen molar-refractivity contribution in [1.82, 2.24) is 15.1 Å². The molecule has 0 saturated heterocycles. The molecule has 130 valence electrons. The zero-order valence-corrected chi connectivity index (χ0v) is 15.1. The van der Waals surface area contributed by atoms with Crippen LogP contribution in [0, 0.1) is 0 Å². The van der Waals surface area contributed by atoms with Crippen molar-refractivity contribution < 1.29 is 4.79 Å². The van der Waals surface area contributed by atoms with E-state index in [0.29, 0.717) is 0 Å². The maximum atomic E-state index is 12.4. The molecule has 0 aliphatic carbocycles. The molecule has 3 aromatic rings. The lowest BCUT2D eigenvalue weighted by Crippen LogP contribution is -2.39. The van der Waals surface area contributed by atoms with Crippen LogP contribution in [-0.2, 0) is 16.8 Å². The Morgan fingerprint density at radius 1 is 1.12 bits per heavy atom. The van der Waals surface area contributed by atoms with Gasteiger partial charge in [-0.1, -0.05) is 62.4 Å². The first-order chi connectivity index (χ1) is 11.9. The number of nitrogens with zero attached hydrogens (tertiary/aromatic N) is 2. The molecular weight excluding hydrogens is 310 g/mol. The first kappa shape index (κ1) is 17.2. The van der Waals surface area contributed by atoms with E-state index >= 15 is 0 Å². The normalized spacial score (nSPS) is 12.9. The minimum absolute atomic E-state index is 0.00827. The second-order valence-corrected chi connectivity index (χ2v) is 7.31. The predicted octanol–water partition coefficient (Wildman–Crippen LogP) is 3.91. The summed E-state index contributed by atoms with van der Waals surface area (Å²) in [4.78, 5) is 12.4. The summed E-state index contributed by atoms with van der Waals surface area (Å²) in [5.74, 6) is -0.0100. The summed E-state index contributed by atoms with van der Waals surface area (Å²) in [5.41, 5.74) is 2.21. The van der Waals surface area contributed by atoms with Gasteiger partial charge in [-0.25, -0.2) is 0 Å². The van der Waals surface area contributed by atoms with Crippen LogP contribution in [0.25, 0.3) is 10.9 Å². The summed E-state index contributed by atoms with van der Waals surface area (Å²) < 4.78 is 1.70. The minimum Gasteiger partial charge on any atom is -0.352 e. The van der Waals surface area contributed by atoms with E-state index in [2.05, 4.69) is 55.5 Å². The van der Waals surface area contributed by atoms with Gasteiger partial charge in [0, 0.05) is 17.6 Å². The molecule has 1 heterocycles. The van der Waals surface area contributed by atoms with Crippen LogP contribution in [0.3, 0.4) is 0 Å². The lowest BCUT2D eigenvalue weighted by atomic mass is 9.79. The number of aromatic nitrogens is 2. The number of amides is 1. The van der Waals surface area contributed by atoms with E-state index < -0.39 is 0 Å². The van der Waals surface area contributed by atoms with Gasteiger partial charge in [0.25, 0.3) is 0 Å². The molecule has 4 heteroatoms. The van der Waals surface area contributed by atoms with Crippen molar-refractivity contribution in [3.63, 3.8) is 0 Å². The molecular formula is C21H25N3O. The summed E-state index contributed by atoms with van der Waals surface area (Å²) in [6.07, 6.45) is 2.79. The Morgan fingerprint density at radius 2 is 1.80 bits per heavy atom. The summed E-state index contributed by atoms with van der Waals surface area (Å²) >= 11 is 0. The molecule has 0 fully saturated rings. The van der Waals surface area contributed by atoms with E-state index in [4.69, 9.17) is 0 Å². The molecule has 0 unspecified atom stereocenters. The van der Waals surface area contributed by atoms with Gasteiger partial charge < -0.3 is 5.32 Å². The maximum absolute atomic E-state index is 12.4. The van der Waals surface area contributed by atoms with Gasteiger partial charge in [-0.05, 0) is 30.4 Å². The molecule has 0 aliphatic heterocycles. The third-order valence-corrected chi connectivity index (χ3v) is 4.55. The van der Waals surface area contributed by atoms with Crippen LogP contribution in [-0.4, -0.2) is 21.7 Å². The molecule has 1 aromatic heterocycles. The monoisotopic (exact) mass is 335 g/mol. The molecule has 1 amide bonds. The van der Waals surface area contributed by atoms with Gasteiger partial charge in [-0.2, -0.15) is 5.10 Å². The van der Waals surface area contributed by atoms with Crippen LogP contribution < -0.4 is 5.32 Å². The Bertz CT molecular complexity index is 819. The van der Waals surface area contributed by atoms with Gasteiger partial charge in [-0.15, -0.1) is 0 Å². The predicted molar refractivity (Wildman–Crippen MR) is 101 cm³/mol. The number of hydrogen-bond acceptors (Lipinski definition) is 2. The van der Waals surface area contributed by atoms with Crippen LogP contribution in [0.15, 0.2) is 60.8 Å². The summed E-state index contributed by atoms with van der Waals surface area (Å²) in [7, 11) is 0. The smallest absolute Gasteiger partial charge is 0.241 e. The Labute approximate surface area is 148 Å². The second kappa shape index (κ2) is 7.09. The third kappa shape index (κ3) is 4.27. The maximum Gasteiger partial charge on any atom is 0.241 e. The highest BCUT2D eigenvalue weighted by Gasteiger charge is 2.24. The van der Waals surface area contributed by atoms with Crippen molar-refractivity contribution in [2.45, 2.75) is 45.2 Å². The number of carbonyl (C=O) groups is 1. The SMILES string of the molecule is C[C@@H](CC(C)(C)c1ccccc1)NC(=O)Cn1cc2ccccc2n1. The number of carbonyl (C=O) groups excluding carboxylic acids is 1. The van der Waals surface area contributed by atoms with Crippen molar-refractivity contribution >= 4 is 16.8 Å². The van der Waals surface area contributed by atoms with Crippen LogP contribution >= 0.6 is 0 Å². The van der Waals surface area contributed by atoms with Crippen LogP contribution in [0.4, 0.5) is 0 Å². The fourth-order valence-electron chi connectivity index (χ4n) is 3.39. The quantitative estimate of drug-likeness (QED) is 0.742. The fourth-order valence-corrected chi connectivity index (χ4v) is 3.39. The molecule has 0 bridgehead atoms. The molecule has 0 saturated carbocycles. The van der Waals surface area contributed by atoms with Gasteiger partial charge in [0.15, 0.2) is 0 Å². The number of fused-ring (bicyclic) bond motifs is 1. The summed E-state index contributed by atoms with van der Waals surface area (Å²) in [5, 5.41) is 8.59. The Balaban J connectivity index is 1.58. The molecule has 2 aromatic carbocycles. The molecule has 3 rings (SSSR count). The van der Waals surface area contributed by atoms with E-state index in [1.807, 2.05) is 36.5 Å². The number of rotatable bonds is 6. The average molecular weight is 335 g/mol. The van der Waals surface area contributed by atoms with Gasteiger partial charge in [0.1, 0.15) is 6.54 Å². The Hall–Kier alpha value is -2.62. The lowest BCUT2D eigenvalue weighted by molar-refractivity contribution is -0.122. The van der Waals surface area contributed by atoms with Crippen LogP contribution in [0.1, 0.15) is 32.8 Å². The highest BCUT2D eigenvalue weighted by molar-refractivity contribution is 5.79. The van der Waals surface area contributed by atoms with Gasteiger partial charge in [0.05, 0.1) is 5.52 Å². The molecule has 4 nitrogen and oxygen atoms in total. The Morgan fingerprint density at radius 3 is 2.52 bits per heavy atom. The second-order valence-electron chi connectivity index (χ2n) is 7.31. The highest BCUT2D eigenvalue weighted by atomic mass is 16.2. The zero-order chi connectivity index (χ0) is 17.9. The minimum atomic E-state index is -0.0100.